The Morgan fingerprint density at radius 1 is 1.09 bits per heavy atom. The highest BCUT2D eigenvalue weighted by Crippen LogP contribution is 2.37. The quantitative estimate of drug-likeness (QED) is 0.353. The Morgan fingerprint density at radius 2 is 1.74 bits per heavy atom. The van der Waals surface area contributed by atoms with Crippen molar-refractivity contribution in [1.29, 1.82) is 0 Å². The molecule has 0 saturated heterocycles. The zero-order valence-corrected chi connectivity index (χ0v) is 21.3. The fourth-order valence-corrected chi connectivity index (χ4v) is 4.16. The zero-order valence-electron chi connectivity index (χ0n) is 21.3. The van der Waals surface area contributed by atoms with E-state index < -0.39 is 0 Å². The first-order valence-corrected chi connectivity index (χ1v) is 12.3. The van der Waals surface area contributed by atoms with Crippen molar-refractivity contribution in [2.24, 2.45) is 17.8 Å². The van der Waals surface area contributed by atoms with Crippen LogP contribution in [0.5, 0.6) is 5.75 Å². The molecule has 1 unspecified atom stereocenters. The summed E-state index contributed by atoms with van der Waals surface area (Å²) in [7, 11) is 0. The van der Waals surface area contributed by atoms with Gasteiger partial charge in [-0.3, -0.25) is 0 Å². The number of halogens is 1. The molecule has 0 radical (unpaired) electrons. The van der Waals surface area contributed by atoms with Crippen molar-refractivity contribution in [3.8, 4) is 17.1 Å². The monoisotopic (exact) mass is 462 g/mol. The molecule has 3 aromatic rings. The van der Waals surface area contributed by atoms with Gasteiger partial charge in [-0.05, 0) is 79.8 Å². The van der Waals surface area contributed by atoms with Crippen molar-refractivity contribution in [3.05, 3.63) is 84.4 Å². The topological polar surface area (TPSA) is 35.0 Å². The smallest absolute Gasteiger partial charge is 0.159 e. The molecule has 0 amide bonds. The van der Waals surface area contributed by atoms with Gasteiger partial charge >= 0.3 is 0 Å². The van der Waals surface area contributed by atoms with Gasteiger partial charge in [-0.2, -0.15) is 0 Å². The van der Waals surface area contributed by atoms with Crippen LogP contribution in [0, 0.1) is 30.5 Å². The number of aryl methyl sites for hydroxylation is 1. The van der Waals surface area contributed by atoms with Gasteiger partial charge in [0, 0.05) is 18.0 Å². The van der Waals surface area contributed by atoms with Crippen molar-refractivity contribution < 1.29 is 9.13 Å². The first-order chi connectivity index (χ1) is 16.4. The summed E-state index contributed by atoms with van der Waals surface area (Å²) in [6.07, 6.45) is 9.33. The van der Waals surface area contributed by atoms with Gasteiger partial charge in [-0.15, -0.1) is 0 Å². The molecule has 3 nitrogen and oxygen atoms in total. The normalized spacial score (nSPS) is 17.1. The van der Waals surface area contributed by atoms with E-state index in [2.05, 4.69) is 49.5 Å². The highest BCUT2D eigenvalue weighted by atomic mass is 19.1. The van der Waals surface area contributed by atoms with Crippen LogP contribution in [0.15, 0.2) is 67.5 Å². The van der Waals surface area contributed by atoms with Gasteiger partial charge in [0.25, 0.3) is 0 Å². The molecule has 2 aromatic carbocycles. The number of hydrogen-bond acceptors (Lipinski definition) is 3. The maximum atomic E-state index is 12.7. The van der Waals surface area contributed by atoms with E-state index in [0.717, 1.165) is 41.1 Å². The zero-order chi connectivity index (χ0) is 24.9. The van der Waals surface area contributed by atoms with Crippen molar-refractivity contribution >= 4 is 6.08 Å². The minimum absolute atomic E-state index is 0.214. The van der Waals surface area contributed by atoms with Crippen LogP contribution in [0.3, 0.4) is 0 Å². The Bertz CT molecular complexity index is 982. The van der Waals surface area contributed by atoms with E-state index in [0.29, 0.717) is 5.92 Å². The van der Waals surface area contributed by atoms with E-state index >= 15 is 0 Å². The first kappa shape index (κ1) is 27.2. The predicted octanol–water partition coefficient (Wildman–Crippen LogP) is 8.40. The summed E-state index contributed by atoms with van der Waals surface area (Å²) in [6.45, 7) is 15.1. The van der Waals surface area contributed by atoms with E-state index in [4.69, 9.17) is 4.74 Å². The Hall–Kier alpha value is -3.01. The Labute approximate surface area is 205 Å². The summed E-state index contributed by atoms with van der Waals surface area (Å²) in [5, 5.41) is 0. The molecule has 4 heteroatoms. The van der Waals surface area contributed by atoms with E-state index in [1.165, 1.54) is 37.0 Å². The van der Waals surface area contributed by atoms with Crippen molar-refractivity contribution in [1.82, 2.24) is 9.97 Å². The van der Waals surface area contributed by atoms with Gasteiger partial charge in [0.05, 0.1) is 6.61 Å². The minimum Gasteiger partial charge on any atom is -0.493 e. The third kappa shape index (κ3) is 8.74. The summed E-state index contributed by atoms with van der Waals surface area (Å²) in [4.78, 5) is 8.46. The number of nitrogens with zero attached hydrogens (tertiary/aromatic N) is 2. The second-order valence-electron chi connectivity index (χ2n) is 8.92. The van der Waals surface area contributed by atoms with E-state index in [1.54, 1.807) is 24.5 Å². The molecule has 1 fully saturated rings. The highest BCUT2D eigenvalue weighted by Gasteiger charge is 2.26. The number of ether oxygens (including phenoxy) is 1. The Balaban J connectivity index is 0.000000225. The molecule has 182 valence electrons. The number of benzene rings is 2. The molecule has 0 bridgehead atoms. The fourth-order valence-electron chi connectivity index (χ4n) is 4.16. The summed E-state index contributed by atoms with van der Waals surface area (Å²) in [5.41, 5.74) is 3.31. The first-order valence-electron chi connectivity index (χ1n) is 12.3. The molecule has 1 heterocycles. The molecule has 1 saturated carbocycles. The van der Waals surface area contributed by atoms with Gasteiger partial charge in [0.15, 0.2) is 5.82 Å². The lowest BCUT2D eigenvalue weighted by Gasteiger charge is -2.34. The van der Waals surface area contributed by atoms with Crippen LogP contribution in [0.1, 0.15) is 58.1 Å². The molecule has 1 aliphatic carbocycles. The summed E-state index contributed by atoms with van der Waals surface area (Å²) >= 11 is 0. The molecule has 0 spiro atoms. The van der Waals surface area contributed by atoms with E-state index in [9.17, 15) is 4.39 Å². The number of rotatable bonds is 7. The van der Waals surface area contributed by atoms with Crippen LogP contribution in [-0.4, -0.2) is 16.6 Å². The second kappa shape index (κ2) is 14.3. The molecule has 4 rings (SSSR count). The van der Waals surface area contributed by atoms with E-state index in [1.807, 2.05) is 32.1 Å². The molecule has 1 aliphatic rings. The molecule has 0 N–H and O–H groups in total. The van der Waals surface area contributed by atoms with Gasteiger partial charge in [0.2, 0.25) is 0 Å². The number of aromatic nitrogens is 2. The third-order valence-electron chi connectivity index (χ3n) is 5.79. The van der Waals surface area contributed by atoms with Gasteiger partial charge < -0.3 is 4.74 Å². The minimum atomic E-state index is -0.214. The summed E-state index contributed by atoms with van der Waals surface area (Å²) in [6, 6.07) is 14.2. The third-order valence-corrected chi connectivity index (χ3v) is 5.79. The maximum Gasteiger partial charge on any atom is 0.159 e. The van der Waals surface area contributed by atoms with Crippen molar-refractivity contribution in [2.45, 2.75) is 53.9 Å². The molecular formula is C30H39FN2O. The molecule has 34 heavy (non-hydrogen) atoms. The molecule has 1 aromatic heterocycles. The van der Waals surface area contributed by atoms with Crippen LogP contribution in [0.25, 0.3) is 17.5 Å². The highest BCUT2D eigenvalue weighted by molar-refractivity contribution is 5.70. The lowest BCUT2D eigenvalue weighted by molar-refractivity contribution is 0.151. The Morgan fingerprint density at radius 3 is 2.32 bits per heavy atom. The largest absolute Gasteiger partial charge is 0.493 e. The van der Waals surface area contributed by atoms with Crippen LogP contribution >= 0.6 is 0 Å². The molecular weight excluding hydrogens is 423 g/mol. The van der Waals surface area contributed by atoms with Crippen LogP contribution in [-0.2, 0) is 0 Å². The van der Waals surface area contributed by atoms with Crippen LogP contribution in [0.2, 0.25) is 0 Å². The average molecular weight is 463 g/mol. The predicted molar refractivity (Wildman–Crippen MR) is 141 cm³/mol. The Kier molecular flexibility index (Phi) is 11.5. The summed E-state index contributed by atoms with van der Waals surface area (Å²) < 4.78 is 18.3. The SMILES string of the molecule is C=Cc1cc(C)ccc1-c1ncccn1.CC.CC(COc1ccc(F)cc1)CC1CC(C)C1. The van der Waals surface area contributed by atoms with Crippen LogP contribution in [0.4, 0.5) is 4.39 Å². The van der Waals surface area contributed by atoms with Gasteiger partial charge in [-0.1, -0.05) is 64.1 Å². The van der Waals surface area contributed by atoms with Crippen molar-refractivity contribution in [3.63, 3.8) is 0 Å². The standard InChI is InChI=1S/C15H21FO.C13H12N2.C2H6/c1-11-7-13(8-11)9-12(2)10-17-15-5-3-14(16)4-6-15;1-3-11-9-10(2)5-6-12(11)13-14-7-4-8-15-13;1-2/h3-6,11-13H,7-10H2,1-2H3;3-9H,1H2,2H3;1-2H3. The molecule has 1 atom stereocenters. The van der Waals surface area contributed by atoms with Crippen LogP contribution < -0.4 is 4.74 Å². The second-order valence-corrected chi connectivity index (χ2v) is 8.92. The summed E-state index contributed by atoms with van der Waals surface area (Å²) in [5.74, 6) is 3.70. The lowest BCUT2D eigenvalue weighted by atomic mass is 9.72. The van der Waals surface area contributed by atoms with E-state index in [-0.39, 0.29) is 5.82 Å². The number of hydrogen-bond donors (Lipinski definition) is 0. The van der Waals surface area contributed by atoms with Gasteiger partial charge in [-0.25, -0.2) is 14.4 Å². The molecule has 0 aliphatic heterocycles. The van der Waals surface area contributed by atoms with Crippen molar-refractivity contribution in [2.75, 3.05) is 6.61 Å². The van der Waals surface area contributed by atoms with Gasteiger partial charge in [0.1, 0.15) is 11.6 Å². The maximum absolute atomic E-state index is 12.7. The fraction of sp³-hybridized carbons (Fsp3) is 0.400. The lowest BCUT2D eigenvalue weighted by Crippen LogP contribution is -2.24. The average Bonchev–Trinajstić information content (AvgIpc) is 2.85.